The number of benzene rings is 1. The molecule has 3 nitrogen and oxygen atoms in total. The van der Waals surface area contributed by atoms with Crippen LogP contribution in [0.25, 0.3) is 0 Å². The third-order valence-electron chi connectivity index (χ3n) is 2.03. The Morgan fingerprint density at radius 2 is 2.13 bits per heavy atom. The van der Waals surface area contributed by atoms with Crippen LogP contribution in [0.15, 0.2) is 18.2 Å². The number of ether oxygens (including phenoxy) is 1. The summed E-state index contributed by atoms with van der Waals surface area (Å²) in [7, 11) is 0. The van der Waals surface area contributed by atoms with Crippen LogP contribution in [0.3, 0.4) is 0 Å². The summed E-state index contributed by atoms with van der Waals surface area (Å²) in [5.41, 5.74) is 1.79. The number of aliphatic carboxylic acids is 1. The van der Waals surface area contributed by atoms with E-state index in [0.717, 1.165) is 16.9 Å². The van der Waals surface area contributed by atoms with Gasteiger partial charge in [0, 0.05) is 0 Å². The topological polar surface area (TPSA) is 46.5 Å². The maximum absolute atomic E-state index is 10.6. The molecule has 0 atom stereocenters. The molecule has 0 saturated carbocycles. The Morgan fingerprint density at radius 3 is 2.60 bits per heavy atom. The zero-order valence-electron chi connectivity index (χ0n) is 9.28. The van der Waals surface area contributed by atoms with Crippen LogP contribution in [0, 0.1) is 6.92 Å². The van der Waals surface area contributed by atoms with E-state index in [4.69, 9.17) is 9.84 Å². The second-order valence-corrected chi connectivity index (χ2v) is 3.83. The average Bonchev–Trinajstić information content (AvgIpc) is 2.08. The summed E-state index contributed by atoms with van der Waals surface area (Å²) in [4.78, 5) is 10.6. The van der Waals surface area contributed by atoms with Crippen molar-refractivity contribution in [2.24, 2.45) is 0 Å². The molecule has 0 unspecified atom stereocenters. The molecule has 1 aromatic rings. The Hall–Kier alpha value is -1.51. The van der Waals surface area contributed by atoms with Crippen LogP contribution < -0.4 is 4.74 Å². The first kappa shape index (κ1) is 11.6. The molecule has 0 aliphatic rings. The highest BCUT2D eigenvalue weighted by molar-refractivity contribution is 5.70. The maximum Gasteiger partial charge on any atom is 0.307 e. The highest BCUT2D eigenvalue weighted by Crippen LogP contribution is 2.18. The minimum Gasteiger partial charge on any atom is -0.491 e. The average molecular weight is 208 g/mol. The third kappa shape index (κ3) is 3.62. The van der Waals surface area contributed by atoms with Gasteiger partial charge in [0.2, 0.25) is 0 Å². The van der Waals surface area contributed by atoms with Crippen LogP contribution in [0.2, 0.25) is 0 Å². The van der Waals surface area contributed by atoms with Crippen molar-refractivity contribution in [2.75, 3.05) is 0 Å². The number of aryl methyl sites for hydroxylation is 1. The van der Waals surface area contributed by atoms with Gasteiger partial charge in [0.05, 0.1) is 12.5 Å². The monoisotopic (exact) mass is 208 g/mol. The fourth-order valence-electron chi connectivity index (χ4n) is 1.38. The highest BCUT2D eigenvalue weighted by Gasteiger charge is 2.05. The van der Waals surface area contributed by atoms with Crippen LogP contribution in [-0.2, 0) is 11.2 Å². The van der Waals surface area contributed by atoms with E-state index in [2.05, 4.69) is 0 Å². The molecule has 0 aliphatic carbocycles. The molecular formula is C12H16O3. The largest absolute Gasteiger partial charge is 0.491 e. The smallest absolute Gasteiger partial charge is 0.307 e. The summed E-state index contributed by atoms with van der Waals surface area (Å²) in [5.74, 6) is -0.0210. The van der Waals surface area contributed by atoms with Gasteiger partial charge in [0.25, 0.3) is 0 Å². The molecule has 0 spiro atoms. The van der Waals surface area contributed by atoms with Gasteiger partial charge in [-0.15, -0.1) is 0 Å². The zero-order chi connectivity index (χ0) is 11.4. The molecule has 3 heteroatoms. The summed E-state index contributed by atoms with van der Waals surface area (Å²) >= 11 is 0. The molecule has 1 rings (SSSR count). The van der Waals surface area contributed by atoms with Crippen molar-refractivity contribution >= 4 is 5.97 Å². The van der Waals surface area contributed by atoms with E-state index in [-0.39, 0.29) is 12.5 Å². The lowest BCUT2D eigenvalue weighted by Crippen LogP contribution is -2.07. The van der Waals surface area contributed by atoms with Gasteiger partial charge in [0.15, 0.2) is 0 Å². The van der Waals surface area contributed by atoms with Crippen LogP contribution in [-0.4, -0.2) is 17.2 Å². The van der Waals surface area contributed by atoms with Gasteiger partial charge >= 0.3 is 5.97 Å². The van der Waals surface area contributed by atoms with Crippen molar-refractivity contribution in [1.82, 2.24) is 0 Å². The maximum atomic E-state index is 10.6. The second-order valence-electron chi connectivity index (χ2n) is 3.83. The van der Waals surface area contributed by atoms with Crippen molar-refractivity contribution in [1.29, 1.82) is 0 Å². The molecule has 0 radical (unpaired) electrons. The summed E-state index contributed by atoms with van der Waals surface area (Å²) in [6.45, 7) is 5.81. The first-order valence-corrected chi connectivity index (χ1v) is 4.97. The molecule has 0 aliphatic heterocycles. The number of carboxylic acids is 1. The minimum atomic E-state index is -0.810. The van der Waals surface area contributed by atoms with Gasteiger partial charge in [-0.3, -0.25) is 4.79 Å². The van der Waals surface area contributed by atoms with Crippen molar-refractivity contribution in [3.05, 3.63) is 29.3 Å². The van der Waals surface area contributed by atoms with E-state index in [9.17, 15) is 4.79 Å². The molecule has 0 heterocycles. The van der Waals surface area contributed by atoms with Crippen LogP contribution in [0.1, 0.15) is 25.0 Å². The molecule has 82 valence electrons. The summed E-state index contributed by atoms with van der Waals surface area (Å²) in [6.07, 6.45) is 0.197. The predicted octanol–water partition coefficient (Wildman–Crippen LogP) is 2.41. The molecule has 0 aromatic heterocycles. The minimum absolute atomic E-state index is 0.0633. The van der Waals surface area contributed by atoms with Crippen LogP contribution >= 0.6 is 0 Å². The molecule has 0 fully saturated rings. The molecule has 0 amide bonds. The lowest BCUT2D eigenvalue weighted by molar-refractivity contribution is -0.136. The van der Waals surface area contributed by atoms with Crippen molar-refractivity contribution in [3.63, 3.8) is 0 Å². The number of hydrogen-bond acceptors (Lipinski definition) is 2. The van der Waals surface area contributed by atoms with E-state index >= 15 is 0 Å². The van der Waals surface area contributed by atoms with Crippen molar-refractivity contribution in [3.8, 4) is 5.75 Å². The summed E-state index contributed by atoms with van der Waals surface area (Å²) < 4.78 is 5.51. The predicted molar refractivity (Wildman–Crippen MR) is 58.3 cm³/mol. The van der Waals surface area contributed by atoms with E-state index in [1.54, 1.807) is 6.07 Å². The van der Waals surface area contributed by atoms with Crippen molar-refractivity contribution in [2.45, 2.75) is 33.3 Å². The van der Waals surface area contributed by atoms with Crippen LogP contribution in [0.4, 0.5) is 0 Å². The third-order valence-corrected chi connectivity index (χ3v) is 2.03. The fourth-order valence-corrected chi connectivity index (χ4v) is 1.38. The molecule has 15 heavy (non-hydrogen) atoms. The molecule has 0 saturated heterocycles. The Labute approximate surface area is 89.7 Å². The second kappa shape index (κ2) is 4.82. The SMILES string of the molecule is Cc1cc(OC(C)C)ccc1CC(=O)O. The Morgan fingerprint density at radius 1 is 1.47 bits per heavy atom. The Bertz CT molecular complexity index is 356. The van der Waals surface area contributed by atoms with Gasteiger partial charge in [0.1, 0.15) is 5.75 Å². The molecule has 1 N–H and O–H groups in total. The summed E-state index contributed by atoms with van der Waals surface area (Å²) in [6, 6.07) is 5.49. The molecule has 0 bridgehead atoms. The molecule has 1 aromatic carbocycles. The first-order chi connectivity index (χ1) is 6.99. The zero-order valence-corrected chi connectivity index (χ0v) is 9.28. The molecular weight excluding hydrogens is 192 g/mol. The highest BCUT2D eigenvalue weighted by atomic mass is 16.5. The van der Waals surface area contributed by atoms with Crippen molar-refractivity contribution < 1.29 is 14.6 Å². The summed E-state index contributed by atoms with van der Waals surface area (Å²) in [5, 5.41) is 8.67. The van der Waals surface area contributed by atoms with E-state index in [0.29, 0.717) is 0 Å². The number of carbonyl (C=O) groups is 1. The first-order valence-electron chi connectivity index (χ1n) is 4.97. The van der Waals surface area contributed by atoms with Gasteiger partial charge in [-0.25, -0.2) is 0 Å². The lowest BCUT2D eigenvalue weighted by Gasteiger charge is -2.11. The van der Waals surface area contributed by atoms with Gasteiger partial charge < -0.3 is 9.84 Å². The van der Waals surface area contributed by atoms with E-state index in [1.807, 2.05) is 32.9 Å². The fraction of sp³-hybridized carbons (Fsp3) is 0.417. The Kier molecular flexibility index (Phi) is 3.72. The van der Waals surface area contributed by atoms with Gasteiger partial charge in [-0.1, -0.05) is 6.07 Å². The Balaban J connectivity index is 2.83. The van der Waals surface area contributed by atoms with Gasteiger partial charge in [-0.2, -0.15) is 0 Å². The van der Waals surface area contributed by atoms with Gasteiger partial charge in [-0.05, 0) is 44.0 Å². The number of carboxylic acid groups (broad SMARTS) is 1. The van der Waals surface area contributed by atoms with E-state index in [1.165, 1.54) is 0 Å². The standard InChI is InChI=1S/C12H16O3/c1-8(2)15-11-5-4-10(7-12(13)14)9(3)6-11/h4-6,8H,7H2,1-3H3,(H,13,14). The quantitative estimate of drug-likeness (QED) is 0.826. The number of rotatable bonds is 4. The van der Waals surface area contributed by atoms with E-state index < -0.39 is 5.97 Å². The normalized spacial score (nSPS) is 10.4. The lowest BCUT2D eigenvalue weighted by atomic mass is 10.1. The number of hydrogen-bond donors (Lipinski definition) is 1. The van der Waals surface area contributed by atoms with Crippen LogP contribution in [0.5, 0.6) is 5.75 Å².